The van der Waals surface area contributed by atoms with E-state index in [1.165, 1.54) is 0 Å². The third-order valence-electron chi connectivity index (χ3n) is 2.60. The monoisotopic (exact) mass is 273 g/mol. The lowest BCUT2D eigenvalue weighted by atomic mass is 10.2. The van der Waals surface area contributed by atoms with Gasteiger partial charge >= 0.3 is 0 Å². The molecule has 0 atom stereocenters. The van der Waals surface area contributed by atoms with Crippen molar-refractivity contribution in [2.24, 2.45) is 5.73 Å². The number of rotatable bonds is 5. The van der Waals surface area contributed by atoms with Crippen LogP contribution >= 0.6 is 11.8 Å². The van der Waals surface area contributed by atoms with Crippen LogP contribution in [0.2, 0.25) is 0 Å². The molecule has 0 saturated carbocycles. The molecule has 0 fully saturated rings. The van der Waals surface area contributed by atoms with Crippen molar-refractivity contribution >= 4 is 17.6 Å². The predicted molar refractivity (Wildman–Crippen MR) is 77.8 cm³/mol. The van der Waals surface area contributed by atoms with E-state index in [0.717, 1.165) is 16.2 Å². The van der Waals surface area contributed by atoms with Gasteiger partial charge in [-0.1, -0.05) is 18.2 Å². The number of pyridine rings is 1. The predicted octanol–water partition coefficient (Wildman–Crippen LogP) is 2.67. The topological polar surface area (TPSA) is 72.0 Å². The summed E-state index contributed by atoms with van der Waals surface area (Å²) >= 11 is 1.63. The second kappa shape index (κ2) is 6.24. The van der Waals surface area contributed by atoms with Gasteiger partial charge in [0.25, 0.3) is 0 Å². The van der Waals surface area contributed by atoms with Crippen molar-refractivity contribution in [2.75, 3.05) is 6.26 Å². The summed E-state index contributed by atoms with van der Waals surface area (Å²) in [6.07, 6.45) is 3.63. The third-order valence-corrected chi connectivity index (χ3v) is 3.38. The molecule has 1 aromatic heterocycles. The number of nitrogens with zero attached hydrogens (tertiary/aromatic N) is 1. The highest BCUT2D eigenvalue weighted by molar-refractivity contribution is 7.98. The molecule has 0 bridgehead atoms. The Hall–Kier alpha value is -2.01. The van der Waals surface area contributed by atoms with E-state index in [-0.39, 0.29) is 5.84 Å². The molecule has 5 heteroatoms. The lowest BCUT2D eigenvalue weighted by Crippen LogP contribution is -2.16. The summed E-state index contributed by atoms with van der Waals surface area (Å²) in [5.74, 6) is 0.783. The number of amidine groups is 1. The highest BCUT2D eigenvalue weighted by Crippen LogP contribution is 2.27. The van der Waals surface area contributed by atoms with E-state index in [4.69, 9.17) is 15.9 Å². The first-order valence-electron chi connectivity index (χ1n) is 5.76. The Bertz CT molecular complexity index is 586. The van der Waals surface area contributed by atoms with Gasteiger partial charge in [-0.2, -0.15) is 0 Å². The standard InChI is InChI=1S/C14H15N3OS/c1-19-12-7-3-2-6-11(12)18-9-10-5-4-8-17-13(10)14(15)16/h2-8H,9H2,1H3,(H3,15,16). The lowest BCUT2D eigenvalue weighted by Gasteiger charge is -2.11. The van der Waals surface area contributed by atoms with E-state index in [1.54, 1.807) is 18.0 Å². The number of hydrogen-bond acceptors (Lipinski definition) is 4. The fourth-order valence-corrected chi connectivity index (χ4v) is 2.23. The number of nitrogens with one attached hydrogen (secondary N) is 1. The van der Waals surface area contributed by atoms with Gasteiger partial charge in [-0.25, -0.2) is 0 Å². The van der Waals surface area contributed by atoms with Gasteiger partial charge in [0.05, 0.1) is 0 Å². The van der Waals surface area contributed by atoms with Gasteiger partial charge in [0.15, 0.2) is 0 Å². The minimum absolute atomic E-state index is 0.0441. The van der Waals surface area contributed by atoms with Crippen LogP contribution < -0.4 is 10.5 Å². The van der Waals surface area contributed by atoms with Crippen molar-refractivity contribution in [2.45, 2.75) is 11.5 Å². The zero-order valence-corrected chi connectivity index (χ0v) is 11.4. The number of nitrogens with two attached hydrogens (primary N) is 1. The van der Waals surface area contributed by atoms with Gasteiger partial charge < -0.3 is 10.5 Å². The Morgan fingerprint density at radius 3 is 2.84 bits per heavy atom. The van der Waals surface area contributed by atoms with Crippen molar-refractivity contribution in [3.8, 4) is 5.75 Å². The molecule has 4 nitrogen and oxygen atoms in total. The van der Waals surface area contributed by atoms with Crippen LogP contribution in [0, 0.1) is 5.41 Å². The molecule has 2 aromatic rings. The van der Waals surface area contributed by atoms with Gasteiger partial charge in [-0.15, -0.1) is 11.8 Å². The first-order valence-corrected chi connectivity index (χ1v) is 6.99. The van der Waals surface area contributed by atoms with Gasteiger partial charge in [0, 0.05) is 16.7 Å². The minimum Gasteiger partial charge on any atom is -0.488 e. The molecule has 3 N–H and O–H groups in total. The summed E-state index contributed by atoms with van der Waals surface area (Å²) in [6.45, 7) is 0.348. The summed E-state index contributed by atoms with van der Waals surface area (Å²) in [5.41, 5.74) is 6.79. The Morgan fingerprint density at radius 2 is 2.11 bits per heavy atom. The molecule has 19 heavy (non-hydrogen) atoms. The number of ether oxygens (including phenoxy) is 1. The normalized spacial score (nSPS) is 10.2. The summed E-state index contributed by atoms with van der Waals surface area (Å²) < 4.78 is 5.79. The maximum Gasteiger partial charge on any atom is 0.142 e. The first kappa shape index (κ1) is 13.4. The number of aromatic nitrogens is 1. The third kappa shape index (κ3) is 3.26. The second-order valence-electron chi connectivity index (χ2n) is 3.86. The van der Waals surface area contributed by atoms with Crippen LogP contribution in [0.4, 0.5) is 0 Å². The van der Waals surface area contributed by atoms with Gasteiger partial charge in [-0.05, 0) is 24.5 Å². The Kier molecular flexibility index (Phi) is 4.41. The van der Waals surface area contributed by atoms with Crippen LogP contribution in [0.5, 0.6) is 5.75 Å². The molecular weight excluding hydrogens is 258 g/mol. The molecular formula is C14H15N3OS. The Labute approximate surface area is 116 Å². The van der Waals surface area contributed by atoms with E-state index in [9.17, 15) is 0 Å². The van der Waals surface area contributed by atoms with Crippen LogP contribution in [0.1, 0.15) is 11.3 Å². The highest BCUT2D eigenvalue weighted by atomic mass is 32.2. The molecule has 0 unspecified atom stereocenters. The molecule has 1 heterocycles. The van der Waals surface area contributed by atoms with Gasteiger partial charge in [-0.3, -0.25) is 10.4 Å². The Morgan fingerprint density at radius 1 is 1.32 bits per heavy atom. The van der Waals surface area contributed by atoms with Crippen LogP contribution in [-0.4, -0.2) is 17.1 Å². The van der Waals surface area contributed by atoms with Crippen molar-refractivity contribution in [3.05, 3.63) is 53.9 Å². The van der Waals surface area contributed by atoms with E-state index >= 15 is 0 Å². The van der Waals surface area contributed by atoms with E-state index in [1.807, 2.05) is 42.7 Å². The summed E-state index contributed by atoms with van der Waals surface area (Å²) in [7, 11) is 0. The number of thioether (sulfide) groups is 1. The molecule has 98 valence electrons. The Balaban J connectivity index is 2.17. The second-order valence-corrected chi connectivity index (χ2v) is 4.71. The first-order chi connectivity index (χ1) is 9.22. The maximum absolute atomic E-state index is 7.49. The largest absolute Gasteiger partial charge is 0.488 e. The summed E-state index contributed by atoms with van der Waals surface area (Å²) in [4.78, 5) is 5.18. The van der Waals surface area contributed by atoms with E-state index in [0.29, 0.717) is 12.3 Å². The van der Waals surface area contributed by atoms with Crippen LogP contribution in [0.15, 0.2) is 47.5 Å². The van der Waals surface area contributed by atoms with Crippen molar-refractivity contribution < 1.29 is 4.74 Å². The van der Waals surface area contributed by atoms with E-state index < -0.39 is 0 Å². The number of benzene rings is 1. The zero-order valence-electron chi connectivity index (χ0n) is 10.6. The number of nitrogen functional groups attached to an aromatic ring is 1. The molecule has 0 aliphatic heterocycles. The number of hydrogen-bond donors (Lipinski definition) is 2. The van der Waals surface area contributed by atoms with Crippen LogP contribution in [0.25, 0.3) is 0 Å². The minimum atomic E-state index is -0.0441. The van der Waals surface area contributed by atoms with Gasteiger partial charge in [0.2, 0.25) is 0 Å². The smallest absolute Gasteiger partial charge is 0.142 e. The van der Waals surface area contributed by atoms with E-state index in [2.05, 4.69) is 4.98 Å². The van der Waals surface area contributed by atoms with Crippen molar-refractivity contribution in [3.63, 3.8) is 0 Å². The zero-order chi connectivity index (χ0) is 13.7. The SMILES string of the molecule is CSc1ccccc1OCc1cccnc1C(=N)N. The average Bonchev–Trinajstić information content (AvgIpc) is 2.45. The van der Waals surface area contributed by atoms with Gasteiger partial charge in [0.1, 0.15) is 23.9 Å². The maximum atomic E-state index is 7.49. The molecule has 0 aliphatic rings. The lowest BCUT2D eigenvalue weighted by molar-refractivity contribution is 0.298. The fraction of sp³-hybridized carbons (Fsp3) is 0.143. The molecule has 0 amide bonds. The van der Waals surface area contributed by atoms with Crippen LogP contribution in [0.3, 0.4) is 0 Å². The molecule has 0 saturated heterocycles. The summed E-state index contributed by atoms with van der Waals surface area (Å²) in [5, 5.41) is 7.49. The molecule has 0 radical (unpaired) electrons. The van der Waals surface area contributed by atoms with Crippen molar-refractivity contribution in [1.29, 1.82) is 5.41 Å². The summed E-state index contributed by atoms with van der Waals surface area (Å²) in [6, 6.07) is 11.5. The van der Waals surface area contributed by atoms with Crippen LogP contribution in [-0.2, 0) is 6.61 Å². The molecule has 0 spiro atoms. The quantitative estimate of drug-likeness (QED) is 0.499. The fourth-order valence-electron chi connectivity index (χ4n) is 1.69. The molecule has 2 rings (SSSR count). The average molecular weight is 273 g/mol. The van der Waals surface area contributed by atoms with Crippen molar-refractivity contribution in [1.82, 2.24) is 4.98 Å². The highest BCUT2D eigenvalue weighted by Gasteiger charge is 2.08. The molecule has 1 aromatic carbocycles. The molecule has 0 aliphatic carbocycles. The number of para-hydroxylation sites is 1.